The minimum Gasteiger partial charge on any atom is -0.287 e. The first-order chi connectivity index (χ1) is 3.13. The predicted octanol–water partition coefficient (Wildman–Crippen LogP) is 1.32. The Balaban J connectivity index is 3.32. The molecule has 0 rings (SSSR count). The maximum atomic E-state index is 9.95. The monoisotopic (exact) mass is 136 g/mol. The van der Waals surface area contributed by atoms with Crippen LogP contribution in [0, 0.1) is 0 Å². The lowest BCUT2D eigenvalue weighted by Gasteiger charge is -1.79. The van der Waals surface area contributed by atoms with Gasteiger partial charge in [0.05, 0.1) is 0 Å². The molecule has 0 aromatic heterocycles. The summed E-state index contributed by atoms with van der Waals surface area (Å²) in [4.78, 5) is 19.8. The molecule has 0 fully saturated rings. The minimum atomic E-state index is -0.451. The molecule has 0 radical (unpaired) electrons. The number of carbonyl (C=O) groups is 2. The second-order valence-electron chi connectivity index (χ2n) is 0.860. The van der Waals surface area contributed by atoms with Gasteiger partial charge in [-0.2, -0.15) is 0 Å². The molecule has 0 atom stereocenters. The zero-order chi connectivity index (χ0) is 5.86. The molecular weight excluding hydrogens is 132 g/mol. The van der Waals surface area contributed by atoms with E-state index in [0.717, 1.165) is 0 Å². The number of rotatable bonds is 0. The molecule has 0 spiro atoms. The molecule has 0 bridgehead atoms. The molecule has 0 amide bonds. The van der Waals surface area contributed by atoms with Crippen LogP contribution in [-0.2, 0) is 4.79 Å². The summed E-state index contributed by atoms with van der Waals surface area (Å²) in [6.45, 7) is 1.32. The number of thioether (sulfide) groups is 1. The van der Waals surface area contributed by atoms with Crippen LogP contribution >= 0.6 is 24.4 Å². The van der Waals surface area contributed by atoms with E-state index in [1.54, 1.807) is 0 Å². The molecule has 40 valence electrons. The van der Waals surface area contributed by atoms with E-state index in [-0.39, 0.29) is 5.12 Å². The first kappa shape index (κ1) is 7.04. The highest BCUT2D eigenvalue weighted by Gasteiger charge is 1.96. The van der Waals surface area contributed by atoms with Crippen LogP contribution in [0.1, 0.15) is 6.92 Å². The number of hydrogen-bond donors (Lipinski definition) is 1. The summed E-state index contributed by atoms with van der Waals surface area (Å²) >= 11 is 3.94. The molecule has 7 heavy (non-hydrogen) atoms. The molecule has 0 saturated carbocycles. The highest BCUT2D eigenvalue weighted by Crippen LogP contribution is 2.05. The summed E-state index contributed by atoms with van der Waals surface area (Å²) in [7, 11) is 0. The van der Waals surface area contributed by atoms with Gasteiger partial charge in [-0.25, -0.2) is 0 Å². The topological polar surface area (TPSA) is 34.1 Å². The zero-order valence-electron chi connectivity index (χ0n) is 3.67. The van der Waals surface area contributed by atoms with Crippen molar-refractivity contribution < 1.29 is 9.59 Å². The number of thiol groups is 1. The summed E-state index contributed by atoms with van der Waals surface area (Å²) in [5.41, 5.74) is 0. The van der Waals surface area contributed by atoms with Crippen LogP contribution in [0.15, 0.2) is 0 Å². The van der Waals surface area contributed by atoms with Crippen LogP contribution in [0.3, 0.4) is 0 Å². The van der Waals surface area contributed by atoms with Crippen molar-refractivity contribution >= 4 is 34.0 Å². The Bertz CT molecular complexity index is 87.1. The lowest BCUT2D eigenvalue weighted by molar-refractivity contribution is -0.109. The average molecular weight is 136 g/mol. The molecule has 0 aliphatic heterocycles. The highest BCUT2D eigenvalue weighted by molar-refractivity contribution is 8.39. The quantitative estimate of drug-likeness (QED) is 0.510. The minimum absolute atomic E-state index is 0.222. The van der Waals surface area contributed by atoms with Gasteiger partial charge in [0.1, 0.15) is 0 Å². The van der Waals surface area contributed by atoms with Gasteiger partial charge in [0.2, 0.25) is 0 Å². The van der Waals surface area contributed by atoms with E-state index in [9.17, 15) is 9.59 Å². The first-order valence-electron chi connectivity index (χ1n) is 1.54. The van der Waals surface area contributed by atoms with Gasteiger partial charge < -0.3 is 0 Å². The molecular formula is C3H4O2S2. The normalized spacial score (nSPS) is 8.29. The molecule has 0 aromatic carbocycles. The van der Waals surface area contributed by atoms with Crippen LogP contribution in [-0.4, -0.2) is 9.56 Å². The van der Waals surface area contributed by atoms with E-state index in [4.69, 9.17) is 0 Å². The van der Waals surface area contributed by atoms with Gasteiger partial charge in [-0.3, -0.25) is 9.59 Å². The zero-order valence-corrected chi connectivity index (χ0v) is 5.38. The SMILES string of the molecule is CC(=O)SC(=O)S. The fourth-order valence-electron chi connectivity index (χ4n) is 0.123. The van der Waals surface area contributed by atoms with E-state index in [1.807, 2.05) is 0 Å². The van der Waals surface area contributed by atoms with Crippen molar-refractivity contribution in [2.24, 2.45) is 0 Å². The van der Waals surface area contributed by atoms with Crippen molar-refractivity contribution in [1.29, 1.82) is 0 Å². The molecule has 0 saturated heterocycles. The van der Waals surface area contributed by atoms with E-state index < -0.39 is 4.45 Å². The smallest absolute Gasteiger partial charge is 0.250 e. The molecule has 0 heterocycles. The van der Waals surface area contributed by atoms with Crippen molar-refractivity contribution in [2.45, 2.75) is 6.92 Å². The van der Waals surface area contributed by atoms with Gasteiger partial charge in [0.15, 0.2) is 5.12 Å². The van der Waals surface area contributed by atoms with E-state index in [2.05, 4.69) is 12.6 Å². The summed E-state index contributed by atoms with van der Waals surface area (Å²) in [6.07, 6.45) is 0. The highest BCUT2D eigenvalue weighted by atomic mass is 32.2. The Labute approximate surface area is 51.1 Å². The third-order valence-electron chi connectivity index (χ3n) is 0.231. The summed E-state index contributed by atoms with van der Waals surface area (Å²) in [5.74, 6) is 0. The van der Waals surface area contributed by atoms with Crippen LogP contribution in [0.2, 0.25) is 0 Å². The van der Waals surface area contributed by atoms with Gasteiger partial charge in [-0.1, -0.05) is 12.6 Å². The van der Waals surface area contributed by atoms with E-state index in [1.165, 1.54) is 6.92 Å². The van der Waals surface area contributed by atoms with Gasteiger partial charge >= 0.3 is 0 Å². The molecule has 0 aromatic rings. The van der Waals surface area contributed by atoms with Crippen molar-refractivity contribution in [3.05, 3.63) is 0 Å². The number of hydrogen-bond acceptors (Lipinski definition) is 3. The van der Waals surface area contributed by atoms with Crippen LogP contribution in [0.5, 0.6) is 0 Å². The van der Waals surface area contributed by atoms with Crippen molar-refractivity contribution in [3.63, 3.8) is 0 Å². The van der Waals surface area contributed by atoms with E-state index in [0.29, 0.717) is 11.8 Å². The maximum absolute atomic E-state index is 9.95. The Morgan fingerprint density at radius 2 is 2.00 bits per heavy atom. The second kappa shape index (κ2) is 3.10. The Morgan fingerprint density at radius 1 is 1.57 bits per heavy atom. The first-order valence-corrected chi connectivity index (χ1v) is 2.80. The Hall–Kier alpha value is 0.0400. The van der Waals surface area contributed by atoms with Crippen molar-refractivity contribution in [2.75, 3.05) is 0 Å². The third-order valence-corrected chi connectivity index (χ3v) is 0.967. The molecule has 4 heteroatoms. The average Bonchev–Trinajstić information content (AvgIpc) is 1.27. The fourth-order valence-corrected chi connectivity index (χ4v) is 0.755. The summed E-state index contributed by atoms with van der Waals surface area (Å²) in [6, 6.07) is 0. The molecule has 2 nitrogen and oxygen atoms in total. The second-order valence-corrected chi connectivity index (χ2v) is 2.72. The lowest BCUT2D eigenvalue weighted by atomic mass is 10.9. The molecule has 0 N–H and O–H groups in total. The summed E-state index contributed by atoms with van der Waals surface area (Å²) in [5, 5.41) is -0.222. The fraction of sp³-hybridized carbons (Fsp3) is 0.333. The van der Waals surface area contributed by atoms with Crippen LogP contribution in [0.25, 0.3) is 0 Å². The standard InChI is InChI=1S/C3H4O2S2/c1-2(4)7-3(5)6/h1H3,(H,5,6). The van der Waals surface area contributed by atoms with Crippen LogP contribution < -0.4 is 0 Å². The van der Waals surface area contributed by atoms with Gasteiger partial charge in [-0.15, -0.1) is 0 Å². The molecule has 0 aliphatic rings. The largest absolute Gasteiger partial charge is 0.287 e. The van der Waals surface area contributed by atoms with Gasteiger partial charge in [-0.05, 0) is 11.8 Å². The van der Waals surface area contributed by atoms with Crippen molar-refractivity contribution in [1.82, 2.24) is 0 Å². The Kier molecular flexibility index (Phi) is 3.11. The van der Waals surface area contributed by atoms with Gasteiger partial charge in [0.25, 0.3) is 4.45 Å². The molecule has 0 unspecified atom stereocenters. The predicted molar refractivity (Wildman–Crippen MR) is 32.7 cm³/mol. The molecule has 0 aliphatic carbocycles. The lowest BCUT2D eigenvalue weighted by Crippen LogP contribution is -1.82. The maximum Gasteiger partial charge on any atom is 0.250 e. The van der Waals surface area contributed by atoms with Crippen molar-refractivity contribution in [3.8, 4) is 0 Å². The van der Waals surface area contributed by atoms with Crippen LogP contribution in [0.4, 0.5) is 4.79 Å². The summed E-state index contributed by atoms with van der Waals surface area (Å²) < 4.78 is -0.451. The van der Waals surface area contributed by atoms with Gasteiger partial charge in [0, 0.05) is 6.92 Å². The third kappa shape index (κ3) is 6.04. The Morgan fingerprint density at radius 3 is 2.00 bits per heavy atom. The van der Waals surface area contributed by atoms with E-state index >= 15 is 0 Å². The number of carbonyl (C=O) groups excluding carboxylic acids is 2.